The van der Waals surface area contributed by atoms with Crippen molar-refractivity contribution < 1.29 is 22.7 Å². The van der Waals surface area contributed by atoms with Crippen LogP contribution in [0, 0.1) is 0 Å². The quantitative estimate of drug-likeness (QED) is 0.754. The lowest BCUT2D eigenvalue weighted by Gasteiger charge is -2.11. The lowest BCUT2D eigenvalue weighted by molar-refractivity contribution is 0.0948. The maximum atomic E-state index is 12.5. The van der Waals surface area contributed by atoms with E-state index in [1.54, 1.807) is 18.2 Å². The van der Waals surface area contributed by atoms with Gasteiger partial charge in [0.2, 0.25) is 0 Å². The molecule has 0 spiro atoms. The molecule has 0 radical (unpaired) electrons. The summed E-state index contributed by atoms with van der Waals surface area (Å²) in [5, 5.41) is 2.83. The van der Waals surface area contributed by atoms with Crippen molar-refractivity contribution >= 4 is 21.8 Å². The highest BCUT2D eigenvalue weighted by atomic mass is 32.2. The molecule has 0 unspecified atom stereocenters. The smallest absolute Gasteiger partial charge is 0.265 e. The summed E-state index contributed by atoms with van der Waals surface area (Å²) in [6.45, 7) is 0.189. The van der Waals surface area contributed by atoms with Crippen molar-refractivity contribution in [2.24, 2.45) is 0 Å². The predicted octanol–water partition coefficient (Wildman–Crippen LogP) is 1.84. The number of benzene rings is 2. The van der Waals surface area contributed by atoms with E-state index in [4.69, 9.17) is 4.74 Å². The number of ether oxygens (including phenoxy) is 1. The molecule has 0 atom stereocenters. The molecule has 1 saturated carbocycles. The van der Waals surface area contributed by atoms with Gasteiger partial charge in [-0.25, -0.2) is 13.1 Å². The summed E-state index contributed by atoms with van der Waals surface area (Å²) in [6, 6.07) is 12.3. The molecule has 3 rings (SSSR count). The highest BCUT2D eigenvalue weighted by Gasteiger charge is 2.24. The Morgan fingerprint density at radius 1 is 1.04 bits per heavy atom. The first-order valence-corrected chi connectivity index (χ1v) is 9.94. The van der Waals surface area contributed by atoms with Gasteiger partial charge in [-0.2, -0.15) is 0 Å². The van der Waals surface area contributed by atoms with Crippen molar-refractivity contribution in [1.82, 2.24) is 10.0 Å². The third kappa shape index (κ3) is 4.72. The average molecular weight is 388 g/mol. The molecule has 7 nitrogen and oxygen atoms in total. The number of hydrogen-bond donors (Lipinski definition) is 2. The van der Waals surface area contributed by atoms with Crippen molar-refractivity contribution in [2.45, 2.75) is 30.4 Å². The number of rotatable bonds is 7. The molecule has 8 heteroatoms. The van der Waals surface area contributed by atoms with Crippen molar-refractivity contribution in [3.05, 3.63) is 65.2 Å². The maximum absolute atomic E-state index is 12.5. The minimum absolute atomic E-state index is 0.0944. The number of carbonyl (C=O) groups is 2. The molecular formula is C19H20N2O5S. The molecule has 27 heavy (non-hydrogen) atoms. The van der Waals surface area contributed by atoms with E-state index >= 15 is 0 Å². The van der Waals surface area contributed by atoms with Gasteiger partial charge in [0, 0.05) is 24.3 Å². The highest BCUT2D eigenvalue weighted by molar-refractivity contribution is 7.90. The van der Waals surface area contributed by atoms with Gasteiger partial charge in [0.1, 0.15) is 0 Å². The minimum Gasteiger partial charge on any atom is -0.380 e. The Bertz CT molecular complexity index is 950. The van der Waals surface area contributed by atoms with Gasteiger partial charge in [-0.3, -0.25) is 9.59 Å². The largest absolute Gasteiger partial charge is 0.380 e. The van der Waals surface area contributed by atoms with Crippen molar-refractivity contribution in [1.29, 1.82) is 0 Å². The number of hydrogen-bond acceptors (Lipinski definition) is 5. The van der Waals surface area contributed by atoms with Gasteiger partial charge in [-0.15, -0.1) is 0 Å². The van der Waals surface area contributed by atoms with Gasteiger partial charge >= 0.3 is 0 Å². The van der Waals surface area contributed by atoms with E-state index in [1.165, 1.54) is 37.4 Å². The Morgan fingerprint density at radius 3 is 2.33 bits per heavy atom. The molecule has 0 aliphatic heterocycles. The van der Waals surface area contributed by atoms with Gasteiger partial charge in [-0.05, 0) is 48.7 Å². The van der Waals surface area contributed by atoms with Gasteiger partial charge in [0.15, 0.2) is 0 Å². The molecule has 1 aliphatic rings. The third-order valence-corrected chi connectivity index (χ3v) is 5.48. The van der Waals surface area contributed by atoms with Crippen LogP contribution in [0.1, 0.15) is 39.1 Å². The monoisotopic (exact) mass is 388 g/mol. The van der Waals surface area contributed by atoms with E-state index in [0.29, 0.717) is 11.1 Å². The molecule has 2 aromatic carbocycles. The summed E-state index contributed by atoms with van der Waals surface area (Å²) >= 11 is 0. The van der Waals surface area contributed by atoms with Crippen molar-refractivity contribution in [2.75, 3.05) is 7.11 Å². The molecule has 2 N–H and O–H groups in total. The van der Waals surface area contributed by atoms with Crippen LogP contribution in [0.3, 0.4) is 0 Å². The molecular weight excluding hydrogens is 368 g/mol. The molecule has 0 saturated heterocycles. The Balaban J connectivity index is 1.74. The Labute approximate surface area is 157 Å². The molecule has 0 bridgehead atoms. The van der Waals surface area contributed by atoms with Gasteiger partial charge < -0.3 is 10.1 Å². The first-order chi connectivity index (χ1) is 12.9. The molecule has 1 fully saturated rings. The first-order valence-electron chi connectivity index (χ1n) is 8.45. The lowest BCUT2D eigenvalue weighted by atomic mass is 10.1. The number of methoxy groups -OCH3 is 1. The molecule has 2 aromatic rings. The second-order valence-corrected chi connectivity index (χ2v) is 7.98. The minimum atomic E-state index is -4.06. The number of sulfonamides is 1. The topological polar surface area (TPSA) is 102 Å². The van der Waals surface area contributed by atoms with Crippen LogP contribution in [0.5, 0.6) is 0 Å². The third-order valence-electron chi connectivity index (χ3n) is 4.13. The van der Waals surface area contributed by atoms with Crippen LogP contribution >= 0.6 is 0 Å². The highest BCUT2D eigenvalue weighted by Crippen LogP contribution is 2.20. The van der Waals surface area contributed by atoms with Crippen LogP contribution in [0.2, 0.25) is 0 Å². The zero-order valence-electron chi connectivity index (χ0n) is 14.8. The predicted molar refractivity (Wildman–Crippen MR) is 98.7 cm³/mol. The van der Waals surface area contributed by atoms with Crippen LogP contribution in [0.4, 0.5) is 0 Å². The van der Waals surface area contributed by atoms with E-state index in [-0.39, 0.29) is 29.0 Å². The van der Waals surface area contributed by atoms with Crippen LogP contribution < -0.4 is 10.0 Å². The van der Waals surface area contributed by atoms with Gasteiger partial charge in [-0.1, -0.05) is 18.2 Å². The average Bonchev–Trinajstić information content (AvgIpc) is 3.46. The standard InChI is InChI=1S/C19H20N2O5S/c1-26-12-14-4-2-3-5-17(14)19(23)21-27(24,25)16-10-6-13(7-11-16)18(22)20-15-8-9-15/h2-7,10-11,15H,8-9,12H2,1H3,(H,20,22)(H,21,23). The summed E-state index contributed by atoms with van der Waals surface area (Å²) in [5.74, 6) is -0.975. The Kier molecular flexibility index (Phi) is 5.57. The summed E-state index contributed by atoms with van der Waals surface area (Å²) in [6.07, 6.45) is 1.93. The zero-order chi connectivity index (χ0) is 19.4. The van der Waals surface area contributed by atoms with Crippen molar-refractivity contribution in [3.8, 4) is 0 Å². The second-order valence-electron chi connectivity index (χ2n) is 6.30. The van der Waals surface area contributed by atoms with E-state index in [9.17, 15) is 18.0 Å². The summed E-state index contributed by atoms with van der Waals surface area (Å²) in [5.41, 5.74) is 1.18. The fourth-order valence-corrected chi connectivity index (χ4v) is 3.51. The SMILES string of the molecule is COCc1ccccc1C(=O)NS(=O)(=O)c1ccc(C(=O)NC2CC2)cc1. The Hall–Kier alpha value is -2.71. The van der Waals surface area contributed by atoms with Crippen LogP contribution in [-0.2, 0) is 21.4 Å². The molecule has 142 valence electrons. The fourth-order valence-electron chi connectivity index (χ4n) is 2.54. The van der Waals surface area contributed by atoms with E-state index in [0.717, 1.165) is 12.8 Å². The van der Waals surface area contributed by atoms with Gasteiger partial charge in [0.25, 0.3) is 21.8 Å². The molecule has 0 aromatic heterocycles. The van der Waals surface area contributed by atoms with E-state index in [1.807, 2.05) is 0 Å². The zero-order valence-corrected chi connectivity index (χ0v) is 15.6. The fraction of sp³-hybridized carbons (Fsp3) is 0.263. The van der Waals surface area contributed by atoms with Crippen molar-refractivity contribution in [3.63, 3.8) is 0 Å². The number of nitrogens with one attached hydrogen (secondary N) is 2. The van der Waals surface area contributed by atoms with E-state index < -0.39 is 15.9 Å². The van der Waals surface area contributed by atoms with E-state index in [2.05, 4.69) is 10.0 Å². The number of carbonyl (C=O) groups excluding carboxylic acids is 2. The Morgan fingerprint density at radius 2 is 1.70 bits per heavy atom. The molecule has 0 heterocycles. The number of amides is 2. The van der Waals surface area contributed by atoms with Crippen LogP contribution in [0.15, 0.2) is 53.4 Å². The lowest BCUT2D eigenvalue weighted by Crippen LogP contribution is -2.31. The van der Waals surface area contributed by atoms with Crippen LogP contribution in [0.25, 0.3) is 0 Å². The molecule has 1 aliphatic carbocycles. The summed E-state index contributed by atoms with van der Waals surface area (Å²) < 4.78 is 32.1. The van der Waals surface area contributed by atoms with Crippen LogP contribution in [-0.4, -0.2) is 33.4 Å². The van der Waals surface area contributed by atoms with Gasteiger partial charge in [0.05, 0.1) is 11.5 Å². The first kappa shape index (κ1) is 19.1. The molecule has 2 amide bonds. The summed E-state index contributed by atoms with van der Waals surface area (Å²) in [4.78, 5) is 24.3. The summed E-state index contributed by atoms with van der Waals surface area (Å²) in [7, 11) is -2.57. The normalized spacial score (nSPS) is 13.8. The second kappa shape index (κ2) is 7.89. The maximum Gasteiger partial charge on any atom is 0.265 e.